The standard InChI is InChI=1S/C10H11ClN4O2S/c1-4-6(16)17-7-5(2)12-9-13-10(18-3)14-15(9)8(7)11/h4H2,1-3H3. The van der Waals surface area contributed by atoms with Crippen molar-refractivity contribution in [1.29, 1.82) is 0 Å². The van der Waals surface area contributed by atoms with E-state index in [0.29, 0.717) is 16.6 Å². The fourth-order valence-electron chi connectivity index (χ4n) is 1.32. The van der Waals surface area contributed by atoms with Gasteiger partial charge in [0.05, 0.1) is 5.69 Å². The minimum Gasteiger partial charge on any atom is -0.421 e. The van der Waals surface area contributed by atoms with Crippen molar-refractivity contribution in [3.05, 3.63) is 10.8 Å². The lowest BCUT2D eigenvalue weighted by atomic mass is 10.4. The molecule has 2 heterocycles. The topological polar surface area (TPSA) is 69.4 Å². The Balaban J connectivity index is 2.56. The van der Waals surface area contributed by atoms with Crippen LogP contribution in [0.2, 0.25) is 5.15 Å². The van der Waals surface area contributed by atoms with E-state index in [1.54, 1.807) is 13.8 Å². The first-order chi connectivity index (χ1) is 8.56. The van der Waals surface area contributed by atoms with E-state index in [4.69, 9.17) is 16.3 Å². The van der Waals surface area contributed by atoms with Crippen LogP contribution in [0.15, 0.2) is 5.16 Å². The molecule has 0 amide bonds. The first-order valence-electron chi connectivity index (χ1n) is 5.24. The number of thioether (sulfide) groups is 1. The molecule has 0 spiro atoms. The van der Waals surface area contributed by atoms with Gasteiger partial charge in [0.2, 0.25) is 5.16 Å². The van der Waals surface area contributed by atoms with Crippen LogP contribution >= 0.6 is 23.4 Å². The molecular weight excluding hydrogens is 276 g/mol. The number of hydrogen-bond acceptors (Lipinski definition) is 6. The van der Waals surface area contributed by atoms with E-state index in [1.807, 2.05) is 6.26 Å². The Kier molecular flexibility index (Phi) is 3.72. The van der Waals surface area contributed by atoms with Crippen molar-refractivity contribution in [3.8, 4) is 5.75 Å². The number of ether oxygens (including phenoxy) is 1. The summed E-state index contributed by atoms with van der Waals surface area (Å²) in [6, 6.07) is 0. The normalized spacial score (nSPS) is 10.9. The zero-order chi connectivity index (χ0) is 13.3. The van der Waals surface area contributed by atoms with Crippen molar-refractivity contribution >= 4 is 35.1 Å². The highest BCUT2D eigenvalue weighted by Gasteiger charge is 2.17. The van der Waals surface area contributed by atoms with Crippen LogP contribution < -0.4 is 4.74 Å². The van der Waals surface area contributed by atoms with Crippen LogP contribution in [-0.4, -0.2) is 31.8 Å². The largest absolute Gasteiger partial charge is 0.421 e. The Morgan fingerprint density at radius 3 is 2.83 bits per heavy atom. The summed E-state index contributed by atoms with van der Waals surface area (Å²) in [5.41, 5.74) is 0.509. The lowest BCUT2D eigenvalue weighted by Gasteiger charge is -2.08. The minimum atomic E-state index is -0.369. The summed E-state index contributed by atoms with van der Waals surface area (Å²) in [6.45, 7) is 3.41. The summed E-state index contributed by atoms with van der Waals surface area (Å²) >= 11 is 7.54. The monoisotopic (exact) mass is 286 g/mol. The lowest BCUT2D eigenvalue weighted by Crippen LogP contribution is -2.10. The zero-order valence-electron chi connectivity index (χ0n) is 10.1. The van der Waals surface area contributed by atoms with Crippen molar-refractivity contribution < 1.29 is 9.53 Å². The molecule has 96 valence electrons. The van der Waals surface area contributed by atoms with Crippen LogP contribution in [0.4, 0.5) is 0 Å². The number of aryl methyl sites for hydroxylation is 1. The fourth-order valence-corrected chi connectivity index (χ4v) is 1.95. The van der Waals surface area contributed by atoms with E-state index in [-0.39, 0.29) is 23.3 Å². The van der Waals surface area contributed by atoms with E-state index < -0.39 is 0 Å². The van der Waals surface area contributed by atoms with Gasteiger partial charge in [-0.05, 0) is 13.2 Å². The summed E-state index contributed by atoms with van der Waals surface area (Å²) in [7, 11) is 0. The molecule has 0 N–H and O–H groups in total. The molecule has 0 aliphatic carbocycles. The molecule has 0 radical (unpaired) electrons. The second-order valence-electron chi connectivity index (χ2n) is 3.46. The summed E-state index contributed by atoms with van der Waals surface area (Å²) < 4.78 is 6.51. The van der Waals surface area contributed by atoms with Crippen molar-refractivity contribution in [2.24, 2.45) is 0 Å². The number of aromatic nitrogens is 4. The van der Waals surface area contributed by atoms with Crippen molar-refractivity contribution in [1.82, 2.24) is 19.6 Å². The smallest absolute Gasteiger partial charge is 0.311 e. The molecule has 2 aromatic rings. The van der Waals surface area contributed by atoms with Crippen LogP contribution in [0, 0.1) is 6.92 Å². The molecule has 0 fully saturated rings. The highest BCUT2D eigenvalue weighted by atomic mass is 35.5. The molecule has 18 heavy (non-hydrogen) atoms. The maximum Gasteiger partial charge on any atom is 0.311 e. The molecule has 0 aromatic carbocycles. The second kappa shape index (κ2) is 5.11. The van der Waals surface area contributed by atoms with Crippen LogP contribution in [-0.2, 0) is 4.79 Å². The summed E-state index contributed by atoms with van der Waals surface area (Å²) in [6.07, 6.45) is 2.12. The van der Waals surface area contributed by atoms with E-state index in [1.165, 1.54) is 16.3 Å². The molecule has 0 unspecified atom stereocenters. The third kappa shape index (κ3) is 2.28. The number of hydrogen-bond donors (Lipinski definition) is 0. The Morgan fingerprint density at radius 1 is 1.50 bits per heavy atom. The number of carbonyl (C=O) groups excluding carboxylic acids is 1. The molecule has 8 heteroatoms. The van der Waals surface area contributed by atoms with Gasteiger partial charge < -0.3 is 4.74 Å². The van der Waals surface area contributed by atoms with Gasteiger partial charge in [-0.15, -0.1) is 5.10 Å². The highest BCUT2D eigenvalue weighted by molar-refractivity contribution is 7.98. The molecule has 0 saturated heterocycles. The van der Waals surface area contributed by atoms with Crippen LogP contribution in [0.3, 0.4) is 0 Å². The molecule has 0 aliphatic rings. The number of carbonyl (C=O) groups is 1. The van der Waals surface area contributed by atoms with Gasteiger partial charge in [-0.25, -0.2) is 4.98 Å². The first-order valence-corrected chi connectivity index (χ1v) is 6.84. The van der Waals surface area contributed by atoms with E-state index in [0.717, 1.165) is 0 Å². The van der Waals surface area contributed by atoms with Gasteiger partial charge in [-0.3, -0.25) is 4.79 Å². The third-order valence-electron chi connectivity index (χ3n) is 2.23. The average molecular weight is 287 g/mol. The van der Waals surface area contributed by atoms with Crippen LogP contribution in [0.1, 0.15) is 19.0 Å². The lowest BCUT2D eigenvalue weighted by molar-refractivity contribution is -0.134. The van der Waals surface area contributed by atoms with Crippen molar-refractivity contribution in [2.75, 3.05) is 6.26 Å². The number of nitrogens with zero attached hydrogens (tertiary/aromatic N) is 4. The SMILES string of the molecule is CCC(=O)Oc1c(C)nc2nc(SC)nn2c1Cl. The Morgan fingerprint density at radius 2 is 2.22 bits per heavy atom. The quantitative estimate of drug-likeness (QED) is 0.489. The minimum absolute atomic E-state index is 0.201. The Hall–Kier alpha value is -1.34. The summed E-state index contributed by atoms with van der Waals surface area (Å²) in [4.78, 5) is 19.7. The molecule has 0 aliphatic heterocycles. The number of esters is 1. The molecule has 0 bridgehead atoms. The van der Waals surface area contributed by atoms with Gasteiger partial charge in [-0.1, -0.05) is 30.3 Å². The molecule has 6 nitrogen and oxygen atoms in total. The molecular formula is C10H11ClN4O2S. The van der Waals surface area contributed by atoms with Gasteiger partial charge in [0.15, 0.2) is 10.9 Å². The molecule has 2 aromatic heterocycles. The van der Waals surface area contributed by atoms with Gasteiger partial charge >= 0.3 is 5.97 Å². The predicted octanol–water partition coefficient (Wildman–Crippen LogP) is 2.12. The van der Waals surface area contributed by atoms with Crippen LogP contribution in [0.25, 0.3) is 5.78 Å². The van der Waals surface area contributed by atoms with Gasteiger partial charge in [0, 0.05) is 6.42 Å². The molecule has 2 rings (SSSR count). The van der Waals surface area contributed by atoms with Crippen molar-refractivity contribution in [2.45, 2.75) is 25.4 Å². The van der Waals surface area contributed by atoms with E-state index >= 15 is 0 Å². The maximum absolute atomic E-state index is 11.3. The Labute approximate surface area is 113 Å². The van der Waals surface area contributed by atoms with Crippen molar-refractivity contribution in [3.63, 3.8) is 0 Å². The fraction of sp³-hybridized carbons (Fsp3) is 0.400. The summed E-state index contributed by atoms with van der Waals surface area (Å²) in [5, 5.41) is 4.91. The zero-order valence-corrected chi connectivity index (χ0v) is 11.7. The summed E-state index contributed by atoms with van der Waals surface area (Å²) in [5.74, 6) is 0.248. The third-order valence-corrected chi connectivity index (χ3v) is 3.10. The van der Waals surface area contributed by atoms with Gasteiger partial charge in [0.1, 0.15) is 0 Å². The van der Waals surface area contributed by atoms with Gasteiger partial charge in [0.25, 0.3) is 5.78 Å². The van der Waals surface area contributed by atoms with E-state index in [2.05, 4.69) is 15.1 Å². The number of rotatable bonds is 3. The Bertz CT molecular complexity index is 613. The molecule has 0 atom stereocenters. The van der Waals surface area contributed by atoms with E-state index in [9.17, 15) is 4.79 Å². The maximum atomic E-state index is 11.3. The molecule has 0 saturated carbocycles. The first kappa shape index (κ1) is 13.1. The van der Waals surface area contributed by atoms with Gasteiger partial charge in [-0.2, -0.15) is 9.50 Å². The predicted molar refractivity (Wildman–Crippen MR) is 68.2 cm³/mol. The average Bonchev–Trinajstić information content (AvgIpc) is 2.77. The second-order valence-corrected chi connectivity index (χ2v) is 4.59. The highest BCUT2D eigenvalue weighted by Crippen LogP contribution is 2.28. The van der Waals surface area contributed by atoms with Crippen LogP contribution in [0.5, 0.6) is 5.75 Å². The number of halogens is 1. The number of fused-ring (bicyclic) bond motifs is 1.